The number of nitrogens with zero attached hydrogens (tertiary/aromatic N) is 1. The molecule has 1 N–H and O–H groups in total. The Hall–Kier alpha value is -1.13. The Kier molecular flexibility index (Phi) is 4.34. The first kappa shape index (κ1) is 12.3. The molecular formula is C13H19NO3. The van der Waals surface area contributed by atoms with E-state index in [1.807, 2.05) is 19.1 Å². The molecule has 94 valence electrons. The molecule has 0 spiro atoms. The summed E-state index contributed by atoms with van der Waals surface area (Å²) in [4.78, 5) is 4.24. The Morgan fingerprint density at radius 2 is 2.35 bits per heavy atom. The summed E-state index contributed by atoms with van der Waals surface area (Å²) in [5.41, 5.74) is 1.48. The van der Waals surface area contributed by atoms with Crippen LogP contribution in [0.1, 0.15) is 30.7 Å². The molecule has 0 aromatic carbocycles. The van der Waals surface area contributed by atoms with Gasteiger partial charge in [0, 0.05) is 12.3 Å². The Morgan fingerprint density at radius 3 is 3.06 bits per heavy atom. The van der Waals surface area contributed by atoms with Crippen molar-refractivity contribution < 1.29 is 14.6 Å². The second-order valence-electron chi connectivity index (χ2n) is 4.36. The summed E-state index contributed by atoms with van der Waals surface area (Å²) >= 11 is 0. The number of aryl methyl sites for hydroxylation is 1. The second-order valence-corrected chi connectivity index (χ2v) is 4.36. The van der Waals surface area contributed by atoms with E-state index in [2.05, 4.69) is 4.98 Å². The molecule has 0 bridgehead atoms. The fourth-order valence-electron chi connectivity index (χ4n) is 1.96. The zero-order chi connectivity index (χ0) is 12.1. The minimum absolute atomic E-state index is 0.0947. The van der Waals surface area contributed by atoms with Gasteiger partial charge in [0.15, 0.2) is 0 Å². The van der Waals surface area contributed by atoms with Crippen molar-refractivity contribution in [1.82, 2.24) is 4.98 Å². The van der Waals surface area contributed by atoms with Crippen LogP contribution in [-0.2, 0) is 11.3 Å². The zero-order valence-electron chi connectivity index (χ0n) is 10.2. The van der Waals surface area contributed by atoms with Gasteiger partial charge in [0.2, 0.25) is 0 Å². The summed E-state index contributed by atoms with van der Waals surface area (Å²) in [6.45, 7) is 3.17. The maximum absolute atomic E-state index is 9.21. The number of pyridine rings is 1. The number of hydrogen-bond donors (Lipinski definition) is 1. The van der Waals surface area contributed by atoms with Crippen LogP contribution in [0.15, 0.2) is 12.1 Å². The van der Waals surface area contributed by atoms with E-state index in [4.69, 9.17) is 9.47 Å². The molecule has 0 amide bonds. The standard InChI is InChI=1S/C13H19NO3/c1-10-5-6-13(12(8-15)14-10)17-9-11-4-2-3-7-16-11/h5-6,11,15H,2-4,7-9H2,1H3. The summed E-state index contributed by atoms with van der Waals surface area (Å²) in [5.74, 6) is 0.660. The van der Waals surface area contributed by atoms with Crippen molar-refractivity contribution in [2.24, 2.45) is 0 Å². The van der Waals surface area contributed by atoms with Crippen LogP contribution in [-0.4, -0.2) is 29.4 Å². The number of aliphatic hydroxyl groups excluding tert-OH is 1. The van der Waals surface area contributed by atoms with Crippen LogP contribution in [0.5, 0.6) is 5.75 Å². The lowest BCUT2D eigenvalue weighted by molar-refractivity contribution is -0.0115. The van der Waals surface area contributed by atoms with Crippen LogP contribution >= 0.6 is 0 Å². The monoisotopic (exact) mass is 237 g/mol. The number of rotatable bonds is 4. The van der Waals surface area contributed by atoms with Gasteiger partial charge in [-0.05, 0) is 38.3 Å². The quantitative estimate of drug-likeness (QED) is 0.868. The van der Waals surface area contributed by atoms with Crippen molar-refractivity contribution in [2.45, 2.75) is 38.9 Å². The van der Waals surface area contributed by atoms with E-state index in [0.29, 0.717) is 18.1 Å². The van der Waals surface area contributed by atoms with Crippen LogP contribution in [0.3, 0.4) is 0 Å². The van der Waals surface area contributed by atoms with Gasteiger partial charge in [-0.25, -0.2) is 0 Å². The molecule has 1 saturated heterocycles. The van der Waals surface area contributed by atoms with Gasteiger partial charge in [-0.3, -0.25) is 4.98 Å². The molecule has 17 heavy (non-hydrogen) atoms. The molecule has 1 aliphatic rings. The normalized spacial score (nSPS) is 20.2. The fraction of sp³-hybridized carbons (Fsp3) is 0.615. The lowest BCUT2D eigenvalue weighted by atomic mass is 10.1. The number of aromatic nitrogens is 1. The average Bonchev–Trinajstić information content (AvgIpc) is 2.38. The van der Waals surface area contributed by atoms with Crippen molar-refractivity contribution in [1.29, 1.82) is 0 Å². The molecule has 0 aliphatic carbocycles. The van der Waals surface area contributed by atoms with Gasteiger partial charge in [-0.15, -0.1) is 0 Å². The third-order valence-corrected chi connectivity index (χ3v) is 2.92. The molecule has 4 heteroatoms. The largest absolute Gasteiger partial charge is 0.489 e. The van der Waals surface area contributed by atoms with E-state index in [-0.39, 0.29) is 12.7 Å². The molecule has 1 aliphatic heterocycles. The summed E-state index contributed by atoms with van der Waals surface area (Å²) in [7, 11) is 0. The minimum atomic E-state index is -0.0947. The van der Waals surface area contributed by atoms with Crippen LogP contribution in [0.2, 0.25) is 0 Å². The molecule has 0 saturated carbocycles. The maximum Gasteiger partial charge on any atom is 0.143 e. The molecule has 1 atom stereocenters. The van der Waals surface area contributed by atoms with Crippen LogP contribution < -0.4 is 4.74 Å². The lowest BCUT2D eigenvalue weighted by Gasteiger charge is -2.23. The zero-order valence-corrected chi connectivity index (χ0v) is 10.2. The summed E-state index contributed by atoms with van der Waals surface area (Å²) in [6.07, 6.45) is 3.57. The van der Waals surface area contributed by atoms with E-state index in [9.17, 15) is 5.11 Å². The van der Waals surface area contributed by atoms with Crippen LogP contribution in [0, 0.1) is 6.92 Å². The molecule has 2 rings (SSSR count). The maximum atomic E-state index is 9.21. The van der Waals surface area contributed by atoms with Gasteiger partial charge in [-0.1, -0.05) is 0 Å². The van der Waals surface area contributed by atoms with Crippen molar-refractivity contribution in [3.63, 3.8) is 0 Å². The van der Waals surface area contributed by atoms with Crippen molar-refractivity contribution in [3.05, 3.63) is 23.5 Å². The number of ether oxygens (including phenoxy) is 2. The average molecular weight is 237 g/mol. The Balaban J connectivity index is 1.93. The molecular weight excluding hydrogens is 218 g/mol. The molecule has 0 radical (unpaired) electrons. The van der Waals surface area contributed by atoms with E-state index in [1.165, 1.54) is 6.42 Å². The SMILES string of the molecule is Cc1ccc(OCC2CCCCO2)c(CO)n1. The smallest absolute Gasteiger partial charge is 0.143 e. The highest BCUT2D eigenvalue weighted by Gasteiger charge is 2.15. The minimum Gasteiger partial charge on any atom is -0.489 e. The molecule has 1 fully saturated rings. The van der Waals surface area contributed by atoms with Gasteiger partial charge in [0.05, 0.1) is 12.7 Å². The third-order valence-electron chi connectivity index (χ3n) is 2.92. The van der Waals surface area contributed by atoms with E-state index >= 15 is 0 Å². The van der Waals surface area contributed by atoms with Gasteiger partial charge in [-0.2, -0.15) is 0 Å². The first-order valence-electron chi connectivity index (χ1n) is 6.11. The first-order chi connectivity index (χ1) is 8.29. The highest BCUT2D eigenvalue weighted by atomic mass is 16.5. The summed E-state index contributed by atoms with van der Waals surface area (Å²) < 4.78 is 11.3. The Labute approximate surface area is 102 Å². The number of aliphatic hydroxyl groups is 1. The third kappa shape index (κ3) is 3.41. The summed E-state index contributed by atoms with van der Waals surface area (Å²) in [6, 6.07) is 3.74. The van der Waals surface area contributed by atoms with E-state index < -0.39 is 0 Å². The highest BCUT2D eigenvalue weighted by Crippen LogP contribution is 2.19. The lowest BCUT2D eigenvalue weighted by Crippen LogP contribution is -2.26. The van der Waals surface area contributed by atoms with Gasteiger partial charge in [0.25, 0.3) is 0 Å². The highest BCUT2D eigenvalue weighted by molar-refractivity contribution is 5.28. The van der Waals surface area contributed by atoms with Crippen molar-refractivity contribution in [3.8, 4) is 5.75 Å². The summed E-state index contributed by atoms with van der Waals surface area (Å²) in [5, 5.41) is 9.21. The molecule has 4 nitrogen and oxygen atoms in total. The van der Waals surface area contributed by atoms with Crippen molar-refractivity contribution >= 4 is 0 Å². The fourth-order valence-corrected chi connectivity index (χ4v) is 1.96. The molecule has 2 heterocycles. The van der Waals surface area contributed by atoms with Crippen LogP contribution in [0.4, 0.5) is 0 Å². The van der Waals surface area contributed by atoms with Crippen LogP contribution in [0.25, 0.3) is 0 Å². The second kappa shape index (κ2) is 5.98. The molecule has 1 aromatic rings. The predicted molar refractivity (Wildman–Crippen MR) is 64.0 cm³/mol. The Bertz CT molecular complexity index is 362. The Morgan fingerprint density at radius 1 is 1.47 bits per heavy atom. The number of hydrogen-bond acceptors (Lipinski definition) is 4. The van der Waals surface area contributed by atoms with Gasteiger partial charge in [0.1, 0.15) is 18.1 Å². The van der Waals surface area contributed by atoms with E-state index in [0.717, 1.165) is 25.1 Å². The topological polar surface area (TPSA) is 51.6 Å². The van der Waals surface area contributed by atoms with E-state index in [1.54, 1.807) is 0 Å². The van der Waals surface area contributed by atoms with Crippen molar-refractivity contribution in [2.75, 3.05) is 13.2 Å². The van der Waals surface area contributed by atoms with Gasteiger partial charge < -0.3 is 14.6 Å². The first-order valence-corrected chi connectivity index (χ1v) is 6.11. The molecule has 1 aromatic heterocycles. The predicted octanol–water partition coefficient (Wildman–Crippen LogP) is 1.83. The molecule has 1 unspecified atom stereocenters. The van der Waals surface area contributed by atoms with Gasteiger partial charge >= 0.3 is 0 Å².